The lowest BCUT2D eigenvalue weighted by molar-refractivity contribution is -0.120. The Morgan fingerprint density at radius 1 is 1.50 bits per heavy atom. The predicted molar refractivity (Wildman–Crippen MR) is 68.5 cm³/mol. The molecule has 0 aliphatic heterocycles. The van der Waals surface area contributed by atoms with Crippen LogP contribution in [0, 0.1) is 11.3 Å². The number of carbonyl (C=O) groups excluding carboxylic acids is 1. The molecule has 2 nitrogen and oxygen atoms in total. The zero-order chi connectivity index (χ0) is 12.2. The summed E-state index contributed by atoms with van der Waals surface area (Å²) in [5.41, 5.74) is -0.0576. The Balaban J connectivity index is 2.68. The highest BCUT2D eigenvalue weighted by atomic mass is 16.1. The summed E-state index contributed by atoms with van der Waals surface area (Å²) in [5.74, 6) is 0.713. The second-order valence-electron chi connectivity index (χ2n) is 5.84. The Morgan fingerprint density at radius 3 is 2.62 bits per heavy atom. The topological polar surface area (TPSA) is 20.3 Å². The van der Waals surface area contributed by atoms with Gasteiger partial charge in [-0.3, -0.25) is 0 Å². The SMILES string of the molecule is CCN(CC1(C=O)CCCC(C)C1)C(C)C. The summed E-state index contributed by atoms with van der Waals surface area (Å²) in [4.78, 5) is 13.9. The third kappa shape index (κ3) is 3.31. The highest BCUT2D eigenvalue weighted by molar-refractivity contribution is 5.60. The van der Waals surface area contributed by atoms with Gasteiger partial charge in [-0.2, -0.15) is 0 Å². The zero-order valence-electron chi connectivity index (χ0n) is 11.3. The van der Waals surface area contributed by atoms with Gasteiger partial charge in [-0.25, -0.2) is 0 Å². The van der Waals surface area contributed by atoms with E-state index in [1.165, 1.54) is 19.1 Å². The van der Waals surface area contributed by atoms with Crippen LogP contribution < -0.4 is 0 Å². The lowest BCUT2D eigenvalue weighted by Gasteiger charge is -2.40. The van der Waals surface area contributed by atoms with E-state index >= 15 is 0 Å². The van der Waals surface area contributed by atoms with Crippen LogP contribution in [0.25, 0.3) is 0 Å². The van der Waals surface area contributed by atoms with E-state index in [2.05, 4.69) is 32.6 Å². The van der Waals surface area contributed by atoms with E-state index in [0.29, 0.717) is 12.0 Å². The Kier molecular flexibility index (Phi) is 4.97. The van der Waals surface area contributed by atoms with Gasteiger partial charge in [0.15, 0.2) is 0 Å². The molecule has 1 fully saturated rings. The number of hydrogen-bond donors (Lipinski definition) is 0. The molecule has 0 aromatic carbocycles. The Morgan fingerprint density at radius 2 is 2.19 bits per heavy atom. The van der Waals surface area contributed by atoms with Gasteiger partial charge < -0.3 is 9.69 Å². The fourth-order valence-corrected chi connectivity index (χ4v) is 3.05. The summed E-state index contributed by atoms with van der Waals surface area (Å²) in [5, 5.41) is 0. The number of rotatable bonds is 5. The van der Waals surface area contributed by atoms with E-state index in [-0.39, 0.29) is 5.41 Å². The minimum atomic E-state index is -0.0576. The summed E-state index contributed by atoms with van der Waals surface area (Å²) in [6.07, 6.45) is 5.93. The van der Waals surface area contributed by atoms with Crippen molar-refractivity contribution in [1.82, 2.24) is 4.90 Å². The average Bonchev–Trinajstić information content (AvgIpc) is 2.25. The Labute approximate surface area is 100 Å². The molecule has 0 spiro atoms. The molecular weight excluding hydrogens is 198 g/mol. The molecule has 0 saturated heterocycles. The van der Waals surface area contributed by atoms with Gasteiger partial charge in [-0.15, -0.1) is 0 Å². The van der Waals surface area contributed by atoms with Crippen LogP contribution in [-0.2, 0) is 4.79 Å². The summed E-state index contributed by atoms with van der Waals surface area (Å²) in [7, 11) is 0. The first-order valence-corrected chi connectivity index (χ1v) is 6.73. The quantitative estimate of drug-likeness (QED) is 0.670. The van der Waals surface area contributed by atoms with Crippen molar-refractivity contribution in [3.8, 4) is 0 Å². The third-order valence-corrected chi connectivity index (χ3v) is 4.03. The molecule has 0 bridgehead atoms. The van der Waals surface area contributed by atoms with E-state index in [4.69, 9.17) is 0 Å². The highest BCUT2D eigenvalue weighted by Gasteiger charge is 2.36. The summed E-state index contributed by atoms with van der Waals surface area (Å²) >= 11 is 0. The second-order valence-corrected chi connectivity index (χ2v) is 5.84. The van der Waals surface area contributed by atoms with Crippen molar-refractivity contribution in [1.29, 1.82) is 0 Å². The lowest BCUT2D eigenvalue weighted by atomic mass is 9.70. The maximum absolute atomic E-state index is 11.5. The number of aldehydes is 1. The van der Waals surface area contributed by atoms with Crippen molar-refractivity contribution in [2.75, 3.05) is 13.1 Å². The molecule has 16 heavy (non-hydrogen) atoms. The monoisotopic (exact) mass is 225 g/mol. The number of nitrogens with zero attached hydrogens (tertiary/aromatic N) is 1. The molecule has 2 unspecified atom stereocenters. The molecule has 0 heterocycles. The molecule has 1 aliphatic carbocycles. The molecule has 2 heteroatoms. The van der Waals surface area contributed by atoms with E-state index in [1.807, 2.05) is 0 Å². The van der Waals surface area contributed by atoms with Crippen molar-refractivity contribution in [3.63, 3.8) is 0 Å². The van der Waals surface area contributed by atoms with E-state index < -0.39 is 0 Å². The molecule has 0 aromatic rings. The van der Waals surface area contributed by atoms with E-state index in [9.17, 15) is 4.79 Å². The first-order valence-electron chi connectivity index (χ1n) is 6.73. The number of hydrogen-bond acceptors (Lipinski definition) is 2. The molecule has 94 valence electrons. The van der Waals surface area contributed by atoms with Crippen LogP contribution >= 0.6 is 0 Å². The van der Waals surface area contributed by atoms with Gasteiger partial charge in [0.25, 0.3) is 0 Å². The highest BCUT2D eigenvalue weighted by Crippen LogP contribution is 2.38. The van der Waals surface area contributed by atoms with Crippen LogP contribution in [0.3, 0.4) is 0 Å². The summed E-state index contributed by atoms with van der Waals surface area (Å²) in [6.45, 7) is 10.9. The second kappa shape index (κ2) is 5.81. The largest absolute Gasteiger partial charge is 0.303 e. The van der Waals surface area contributed by atoms with Crippen molar-refractivity contribution in [3.05, 3.63) is 0 Å². The maximum atomic E-state index is 11.5. The Bertz CT molecular complexity index is 227. The number of carbonyl (C=O) groups is 1. The van der Waals surface area contributed by atoms with Crippen LogP contribution in [-0.4, -0.2) is 30.3 Å². The van der Waals surface area contributed by atoms with Gasteiger partial charge in [0.05, 0.1) is 0 Å². The molecule has 0 aromatic heterocycles. The fourth-order valence-electron chi connectivity index (χ4n) is 3.05. The molecule has 0 amide bonds. The van der Waals surface area contributed by atoms with Crippen LogP contribution in [0.15, 0.2) is 0 Å². The first-order chi connectivity index (χ1) is 7.53. The fraction of sp³-hybridized carbons (Fsp3) is 0.929. The normalized spacial score (nSPS) is 31.0. The van der Waals surface area contributed by atoms with Gasteiger partial charge >= 0.3 is 0 Å². The van der Waals surface area contributed by atoms with Gasteiger partial charge in [-0.05, 0) is 39.2 Å². The van der Waals surface area contributed by atoms with Gasteiger partial charge in [0.2, 0.25) is 0 Å². The smallest absolute Gasteiger partial charge is 0.127 e. The van der Waals surface area contributed by atoms with Gasteiger partial charge in [0.1, 0.15) is 6.29 Å². The summed E-state index contributed by atoms with van der Waals surface area (Å²) in [6, 6.07) is 0.541. The molecule has 0 radical (unpaired) electrons. The molecule has 1 rings (SSSR count). The maximum Gasteiger partial charge on any atom is 0.127 e. The third-order valence-electron chi connectivity index (χ3n) is 4.03. The Hall–Kier alpha value is -0.370. The van der Waals surface area contributed by atoms with Gasteiger partial charge in [0, 0.05) is 18.0 Å². The van der Waals surface area contributed by atoms with Crippen molar-refractivity contribution < 1.29 is 4.79 Å². The van der Waals surface area contributed by atoms with Crippen molar-refractivity contribution in [2.24, 2.45) is 11.3 Å². The van der Waals surface area contributed by atoms with Crippen LogP contribution in [0.5, 0.6) is 0 Å². The standard InChI is InChI=1S/C14H27NO/c1-5-15(12(2)3)10-14(11-16)8-6-7-13(4)9-14/h11-13H,5-10H2,1-4H3. The van der Waals surface area contributed by atoms with Crippen LogP contribution in [0.4, 0.5) is 0 Å². The molecule has 1 aliphatic rings. The van der Waals surface area contributed by atoms with Crippen LogP contribution in [0.2, 0.25) is 0 Å². The molecular formula is C14H27NO. The first kappa shape index (κ1) is 13.7. The minimum Gasteiger partial charge on any atom is -0.303 e. The zero-order valence-corrected chi connectivity index (χ0v) is 11.3. The van der Waals surface area contributed by atoms with Crippen molar-refractivity contribution >= 4 is 6.29 Å². The van der Waals surface area contributed by atoms with Gasteiger partial charge in [-0.1, -0.05) is 26.7 Å². The predicted octanol–water partition coefficient (Wildman–Crippen LogP) is 3.11. The lowest BCUT2D eigenvalue weighted by Crippen LogP contribution is -2.44. The average molecular weight is 225 g/mol. The summed E-state index contributed by atoms with van der Waals surface area (Å²) < 4.78 is 0. The molecule has 1 saturated carbocycles. The van der Waals surface area contributed by atoms with E-state index in [1.54, 1.807) is 0 Å². The minimum absolute atomic E-state index is 0.0576. The van der Waals surface area contributed by atoms with Crippen LogP contribution in [0.1, 0.15) is 53.4 Å². The molecule has 0 N–H and O–H groups in total. The van der Waals surface area contributed by atoms with E-state index in [0.717, 1.165) is 25.9 Å². The van der Waals surface area contributed by atoms with Crippen molar-refractivity contribution in [2.45, 2.75) is 59.4 Å². The molecule has 2 atom stereocenters.